The second-order valence-corrected chi connectivity index (χ2v) is 4.71. The van der Waals surface area contributed by atoms with Crippen LogP contribution in [0.2, 0.25) is 0 Å². The molecule has 0 spiro atoms. The number of anilines is 1. The van der Waals surface area contributed by atoms with E-state index >= 15 is 0 Å². The minimum Gasteiger partial charge on any atom is -0.481 e. The Morgan fingerprint density at radius 2 is 2.24 bits per heavy atom. The van der Waals surface area contributed by atoms with Gasteiger partial charge in [0, 0.05) is 25.2 Å². The summed E-state index contributed by atoms with van der Waals surface area (Å²) >= 11 is 0. The molecule has 5 heteroatoms. The van der Waals surface area contributed by atoms with Crippen molar-refractivity contribution in [3.05, 3.63) is 17.3 Å². The molecule has 0 unspecified atom stereocenters. The maximum absolute atomic E-state index is 12.2. The SMILES string of the molecule is O=C(O)Cc1cn2c(c1C(=O)C1CC1)NCC2. The zero-order chi connectivity index (χ0) is 12.0. The Morgan fingerprint density at radius 1 is 1.47 bits per heavy atom. The quantitative estimate of drug-likeness (QED) is 0.766. The van der Waals surface area contributed by atoms with Gasteiger partial charge < -0.3 is 15.0 Å². The largest absolute Gasteiger partial charge is 0.481 e. The number of hydrogen-bond donors (Lipinski definition) is 2. The van der Waals surface area contributed by atoms with Gasteiger partial charge in [0.05, 0.1) is 12.0 Å². The molecule has 90 valence electrons. The monoisotopic (exact) mass is 234 g/mol. The number of fused-ring (bicyclic) bond motifs is 1. The summed E-state index contributed by atoms with van der Waals surface area (Å²) in [5.74, 6) is 0.165. The summed E-state index contributed by atoms with van der Waals surface area (Å²) in [6.45, 7) is 1.62. The van der Waals surface area contributed by atoms with Crippen molar-refractivity contribution in [1.82, 2.24) is 4.57 Å². The average molecular weight is 234 g/mol. The highest BCUT2D eigenvalue weighted by atomic mass is 16.4. The van der Waals surface area contributed by atoms with Crippen molar-refractivity contribution in [2.24, 2.45) is 5.92 Å². The van der Waals surface area contributed by atoms with Crippen molar-refractivity contribution >= 4 is 17.6 Å². The van der Waals surface area contributed by atoms with E-state index in [0.717, 1.165) is 31.7 Å². The van der Waals surface area contributed by atoms with E-state index in [1.807, 2.05) is 4.57 Å². The van der Waals surface area contributed by atoms with Crippen LogP contribution in [0.4, 0.5) is 5.82 Å². The molecule has 0 saturated heterocycles. The molecule has 17 heavy (non-hydrogen) atoms. The highest BCUT2D eigenvalue weighted by Crippen LogP contribution is 2.37. The molecule has 1 fully saturated rings. The summed E-state index contributed by atoms with van der Waals surface area (Å²) in [6, 6.07) is 0. The molecular weight excluding hydrogens is 220 g/mol. The third-order valence-electron chi connectivity index (χ3n) is 3.34. The van der Waals surface area contributed by atoms with E-state index in [0.29, 0.717) is 11.1 Å². The summed E-state index contributed by atoms with van der Waals surface area (Å²) in [4.78, 5) is 23.0. The fourth-order valence-electron chi connectivity index (χ4n) is 2.40. The summed E-state index contributed by atoms with van der Waals surface area (Å²) in [7, 11) is 0. The Morgan fingerprint density at radius 3 is 2.88 bits per heavy atom. The van der Waals surface area contributed by atoms with Crippen LogP contribution in [0.1, 0.15) is 28.8 Å². The minimum atomic E-state index is -0.890. The number of Topliss-reactive ketones (excluding diaryl/α,β-unsaturated/α-hetero) is 1. The molecule has 1 aliphatic heterocycles. The number of rotatable bonds is 4. The number of nitrogens with zero attached hydrogens (tertiary/aromatic N) is 1. The van der Waals surface area contributed by atoms with Crippen LogP contribution in [-0.2, 0) is 17.8 Å². The van der Waals surface area contributed by atoms with Crippen LogP contribution in [0.25, 0.3) is 0 Å². The molecule has 1 aromatic rings. The van der Waals surface area contributed by atoms with Gasteiger partial charge in [0.1, 0.15) is 5.82 Å². The first-order valence-electron chi connectivity index (χ1n) is 5.88. The highest BCUT2D eigenvalue weighted by molar-refractivity contribution is 6.05. The van der Waals surface area contributed by atoms with Crippen LogP contribution in [0.15, 0.2) is 6.20 Å². The van der Waals surface area contributed by atoms with Crippen LogP contribution in [0, 0.1) is 5.92 Å². The summed E-state index contributed by atoms with van der Waals surface area (Å²) in [5, 5.41) is 12.1. The molecule has 3 rings (SSSR count). The van der Waals surface area contributed by atoms with Gasteiger partial charge >= 0.3 is 5.97 Å². The standard InChI is InChI=1S/C12H14N2O3/c15-9(16)5-8-6-14-4-3-13-12(14)10(8)11(17)7-1-2-7/h6-7,13H,1-5H2,(H,15,16). The van der Waals surface area contributed by atoms with Gasteiger partial charge in [-0.3, -0.25) is 9.59 Å². The van der Waals surface area contributed by atoms with Gasteiger partial charge in [0.15, 0.2) is 5.78 Å². The Kier molecular flexibility index (Phi) is 2.21. The van der Waals surface area contributed by atoms with Crippen molar-refractivity contribution in [2.75, 3.05) is 11.9 Å². The molecule has 0 bridgehead atoms. The number of hydrogen-bond acceptors (Lipinski definition) is 3. The number of ketones is 1. The number of carbonyl (C=O) groups is 2. The van der Waals surface area contributed by atoms with E-state index in [-0.39, 0.29) is 18.1 Å². The Balaban J connectivity index is 2.02. The number of carboxylic acids is 1. The number of aliphatic carboxylic acids is 1. The fourth-order valence-corrected chi connectivity index (χ4v) is 2.40. The van der Waals surface area contributed by atoms with Crippen LogP contribution in [-0.4, -0.2) is 28.0 Å². The predicted molar refractivity (Wildman–Crippen MR) is 61.3 cm³/mol. The molecule has 0 radical (unpaired) electrons. The summed E-state index contributed by atoms with van der Waals surface area (Å²) in [6.07, 6.45) is 3.61. The lowest BCUT2D eigenvalue weighted by Crippen LogP contribution is -2.10. The normalized spacial score (nSPS) is 17.6. The van der Waals surface area contributed by atoms with Gasteiger partial charge in [-0.2, -0.15) is 0 Å². The first-order chi connectivity index (χ1) is 8.16. The van der Waals surface area contributed by atoms with Gasteiger partial charge in [-0.05, 0) is 18.4 Å². The number of nitrogens with one attached hydrogen (secondary N) is 1. The third kappa shape index (κ3) is 1.71. The van der Waals surface area contributed by atoms with E-state index in [1.165, 1.54) is 0 Å². The molecule has 1 saturated carbocycles. The molecule has 1 aromatic heterocycles. The molecule has 5 nitrogen and oxygen atoms in total. The topological polar surface area (TPSA) is 71.3 Å². The number of carbonyl (C=O) groups excluding carboxylic acids is 1. The smallest absolute Gasteiger partial charge is 0.307 e. The van der Waals surface area contributed by atoms with E-state index in [1.54, 1.807) is 6.20 Å². The van der Waals surface area contributed by atoms with Crippen LogP contribution in [0.3, 0.4) is 0 Å². The lowest BCUT2D eigenvalue weighted by atomic mass is 10.0. The Labute approximate surface area is 98.4 Å². The number of aromatic nitrogens is 1. The second-order valence-electron chi connectivity index (χ2n) is 4.71. The van der Waals surface area contributed by atoms with E-state index in [2.05, 4.69) is 5.32 Å². The molecule has 0 amide bonds. The van der Waals surface area contributed by atoms with Crippen molar-refractivity contribution in [1.29, 1.82) is 0 Å². The lowest BCUT2D eigenvalue weighted by Gasteiger charge is -2.03. The molecular formula is C12H14N2O3. The highest BCUT2D eigenvalue weighted by Gasteiger charge is 2.35. The summed E-state index contributed by atoms with van der Waals surface area (Å²) in [5.41, 5.74) is 1.27. The van der Waals surface area contributed by atoms with Crippen LogP contribution in [0.5, 0.6) is 0 Å². The lowest BCUT2D eigenvalue weighted by molar-refractivity contribution is -0.136. The van der Waals surface area contributed by atoms with Gasteiger partial charge in [0.25, 0.3) is 0 Å². The van der Waals surface area contributed by atoms with E-state index in [4.69, 9.17) is 5.11 Å². The van der Waals surface area contributed by atoms with E-state index in [9.17, 15) is 9.59 Å². The third-order valence-corrected chi connectivity index (χ3v) is 3.34. The Hall–Kier alpha value is -1.78. The molecule has 0 aromatic carbocycles. The van der Waals surface area contributed by atoms with Gasteiger partial charge in [-0.25, -0.2) is 0 Å². The average Bonchev–Trinajstić information content (AvgIpc) is 2.92. The van der Waals surface area contributed by atoms with Crippen molar-refractivity contribution in [3.8, 4) is 0 Å². The summed E-state index contributed by atoms with van der Waals surface area (Å²) < 4.78 is 1.95. The number of carboxylic acid groups (broad SMARTS) is 1. The second kappa shape index (κ2) is 3.61. The van der Waals surface area contributed by atoms with Crippen LogP contribution >= 0.6 is 0 Å². The predicted octanol–water partition coefficient (Wildman–Crippen LogP) is 1.13. The van der Waals surface area contributed by atoms with E-state index < -0.39 is 5.97 Å². The molecule has 1 aliphatic carbocycles. The van der Waals surface area contributed by atoms with Gasteiger partial charge in [-0.15, -0.1) is 0 Å². The maximum Gasteiger partial charge on any atom is 0.307 e. The van der Waals surface area contributed by atoms with Crippen molar-refractivity contribution < 1.29 is 14.7 Å². The van der Waals surface area contributed by atoms with Crippen molar-refractivity contribution in [3.63, 3.8) is 0 Å². The molecule has 2 N–H and O–H groups in total. The zero-order valence-corrected chi connectivity index (χ0v) is 9.40. The first-order valence-corrected chi connectivity index (χ1v) is 5.88. The first kappa shape index (κ1) is 10.4. The zero-order valence-electron chi connectivity index (χ0n) is 9.40. The minimum absolute atomic E-state index is 0.0739. The van der Waals surface area contributed by atoms with Crippen LogP contribution < -0.4 is 5.32 Å². The van der Waals surface area contributed by atoms with Gasteiger partial charge in [0.2, 0.25) is 0 Å². The molecule has 2 heterocycles. The van der Waals surface area contributed by atoms with Crippen molar-refractivity contribution in [2.45, 2.75) is 25.8 Å². The maximum atomic E-state index is 12.2. The molecule has 0 atom stereocenters. The van der Waals surface area contributed by atoms with Gasteiger partial charge in [-0.1, -0.05) is 0 Å². The Bertz CT molecular complexity index is 500. The molecule has 2 aliphatic rings. The fraction of sp³-hybridized carbons (Fsp3) is 0.500.